The number of piperidine rings is 1. The largest absolute Gasteiger partial charge is 0.300 e. The summed E-state index contributed by atoms with van der Waals surface area (Å²) >= 11 is 0. The highest BCUT2D eigenvalue weighted by Crippen LogP contribution is 2.28. The second kappa shape index (κ2) is 7.08. The third-order valence-corrected chi connectivity index (χ3v) is 5.03. The van der Waals surface area contributed by atoms with Gasteiger partial charge in [-0.05, 0) is 31.2 Å². The van der Waals surface area contributed by atoms with Crippen LogP contribution >= 0.6 is 0 Å². The molecule has 2 saturated heterocycles. The van der Waals surface area contributed by atoms with Gasteiger partial charge in [0.15, 0.2) is 0 Å². The molecule has 2 heteroatoms. The van der Waals surface area contributed by atoms with E-state index in [0.717, 1.165) is 6.04 Å². The van der Waals surface area contributed by atoms with Crippen LogP contribution < -0.4 is 0 Å². The zero-order chi connectivity index (χ0) is 13.7. The first-order valence-electron chi connectivity index (χ1n) is 8.57. The molecule has 2 nitrogen and oxygen atoms in total. The molecule has 2 aliphatic rings. The van der Waals surface area contributed by atoms with Crippen molar-refractivity contribution in [1.29, 1.82) is 0 Å². The van der Waals surface area contributed by atoms with E-state index in [1.807, 2.05) is 0 Å². The molecule has 0 radical (unpaired) electrons. The summed E-state index contributed by atoms with van der Waals surface area (Å²) in [4.78, 5) is 5.49. The topological polar surface area (TPSA) is 6.48 Å². The summed E-state index contributed by atoms with van der Waals surface area (Å²) in [5.41, 5.74) is 0.506. The van der Waals surface area contributed by atoms with Crippen LogP contribution in [0.25, 0.3) is 0 Å². The highest BCUT2D eigenvalue weighted by atomic mass is 15.3. The average molecular weight is 266 g/mol. The van der Waals surface area contributed by atoms with E-state index in [4.69, 9.17) is 0 Å². The Morgan fingerprint density at radius 1 is 1.05 bits per heavy atom. The number of hydrogen-bond donors (Lipinski definition) is 0. The molecule has 19 heavy (non-hydrogen) atoms. The first-order valence-corrected chi connectivity index (χ1v) is 8.57. The molecular formula is C17H34N2. The molecule has 0 aromatic carbocycles. The van der Waals surface area contributed by atoms with Gasteiger partial charge in [0.1, 0.15) is 0 Å². The fourth-order valence-electron chi connectivity index (χ4n) is 3.90. The molecule has 1 unspecified atom stereocenters. The van der Waals surface area contributed by atoms with Gasteiger partial charge in [0.05, 0.1) is 0 Å². The molecule has 0 amide bonds. The van der Waals surface area contributed by atoms with Crippen LogP contribution in [0.4, 0.5) is 0 Å². The fraction of sp³-hybridized carbons (Fsp3) is 1.00. The van der Waals surface area contributed by atoms with Crippen LogP contribution in [0.3, 0.4) is 0 Å². The van der Waals surface area contributed by atoms with Crippen LogP contribution in [0.5, 0.6) is 0 Å². The van der Waals surface area contributed by atoms with Gasteiger partial charge in [-0.15, -0.1) is 0 Å². The van der Waals surface area contributed by atoms with Crippen molar-refractivity contribution < 1.29 is 0 Å². The molecule has 1 atom stereocenters. The summed E-state index contributed by atoms with van der Waals surface area (Å²) in [5, 5.41) is 0. The van der Waals surface area contributed by atoms with Crippen molar-refractivity contribution in [2.75, 3.05) is 32.7 Å². The van der Waals surface area contributed by atoms with Crippen molar-refractivity contribution in [2.24, 2.45) is 5.41 Å². The highest BCUT2D eigenvalue weighted by Gasteiger charge is 2.31. The van der Waals surface area contributed by atoms with Crippen LogP contribution in [0.2, 0.25) is 0 Å². The lowest BCUT2D eigenvalue weighted by Crippen LogP contribution is -2.56. The molecule has 0 bridgehead atoms. The van der Waals surface area contributed by atoms with Crippen molar-refractivity contribution in [2.45, 2.75) is 71.8 Å². The van der Waals surface area contributed by atoms with Gasteiger partial charge < -0.3 is 0 Å². The zero-order valence-corrected chi connectivity index (χ0v) is 13.5. The Bertz CT molecular complexity index is 262. The summed E-state index contributed by atoms with van der Waals surface area (Å²) in [6.45, 7) is 13.8. The molecule has 2 heterocycles. The van der Waals surface area contributed by atoms with Crippen LogP contribution in [0, 0.1) is 5.41 Å². The maximum atomic E-state index is 2.75. The number of unbranched alkanes of at least 4 members (excludes halogenated alkanes) is 2. The second-order valence-corrected chi connectivity index (χ2v) is 7.54. The van der Waals surface area contributed by atoms with E-state index in [1.165, 1.54) is 77.7 Å². The van der Waals surface area contributed by atoms with Crippen molar-refractivity contribution in [3.8, 4) is 0 Å². The van der Waals surface area contributed by atoms with E-state index in [9.17, 15) is 0 Å². The molecule has 0 aromatic rings. The van der Waals surface area contributed by atoms with Crippen molar-refractivity contribution in [3.05, 3.63) is 0 Å². The summed E-state index contributed by atoms with van der Waals surface area (Å²) in [5.74, 6) is 0. The molecule has 2 aliphatic heterocycles. The quantitative estimate of drug-likeness (QED) is 0.675. The molecule has 2 rings (SSSR count). The number of rotatable bonds is 6. The van der Waals surface area contributed by atoms with Gasteiger partial charge in [0.2, 0.25) is 0 Å². The van der Waals surface area contributed by atoms with Crippen LogP contribution in [-0.4, -0.2) is 48.6 Å². The van der Waals surface area contributed by atoms with E-state index in [2.05, 4.69) is 30.6 Å². The number of nitrogens with zero attached hydrogens (tertiary/aromatic N) is 2. The van der Waals surface area contributed by atoms with E-state index in [1.54, 1.807) is 0 Å². The lowest BCUT2D eigenvalue weighted by atomic mass is 9.85. The fourth-order valence-corrected chi connectivity index (χ4v) is 3.90. The van der Waals surface area contributed by atoms with Gasteiger partial charge in [0.25, 0.3) is 0 Å². The average Bonchev–Trinajstić information content (AvgIpc) is 2.38. The standard InChI is InChI=1S/C17H34N2/c1-4-5-7-10-17(2,3)15-18-12-13-19-11-8-6-9-16(19)14-18/h16H,4-15H2,1-3H3. The molecule has 0 spiro atoms. The lowest BCUT2D eigenvalue weighted by Gasteiger charge is -2.46. The Kier molecular flexibility index (Phi) is 5.70. The van der Waals surface area contributed by atoms with Crippen LogP contribution in [0.15, 0.2) is 0 Å². The first kappa shape index (κ1) is 15.3. The maximum absolute atomic E-state index is 2.75. The predicted octanol–water partition coefficient (Wildman–Crippen LogP) is 3.76. The molecular weight excluding hydrogens is 232 g/mol. The van der Waals surface area contributed by atoms with E-state index in [-0.39, 0.29) is 0 Å². The van der Waals surface area contributed by atoms with Crippen molar-refractivity contribution in [3.63, 3.8) is 0 Å². The normalized spacial score (nSPS) is 26.4. The van der Waals surface area contributed by atoms with Crippen LogP contribution in [0.1, 0.15) is 65.7 Å². The number of hydrogen-bond acceptors (Lipinski definition) is 2. The van der Waals surface area contributed by atoms with Crippen molar-refractivity contribution in [1.82, 2.24) is 9.80 Å². The molecule has 0 aliphatic carbocycles. The summed E-state index contributed by atoms with van der Waals surface area (Å²) < 4.78 is 0. The van der Waals surface area contributed by atoms with E-state index < -0.39 is 0 Å². The Balaban J connectivity index is 1.76. The Hall–Kier alpha value is -0.0800. The third kappa shape index (κ3) is 4.75. The minimum Gasteiger partial charge on any atom is -0.300 e. The number of fused-ring (bicyclic) bond motifs is 1. The number of piperazine rings is 1. The minimum atomic E-state index is 0.506. The minimum absolute atomic E-state index is 0.506. The van der Waals surface area contributed by atoms with Gasteiger partial charge in [-0.1, -0.05) is 46.5 Å². The highest BCUT2D eigenvalue weighted by molar-refractivity contribution is 4.87. The van der Waals surface area contributed by atoms with Gasteiger partial charge in [0, 0.05) is 32.2 Å². The van der Waals surface area contributed by atoms with Gasteiger partial charge in [-0.3, -0.25) is 9.80 Å². The molecule has 112 valence electrons. The van der Waals surface area contributed by atoms with Gasteiger partial charge >= 0.3 is 0 Å². The van der Waals surface area contributed by atoms with E-state index >= 15 is 0 Å². The molecule has 0 saturated carbocycles. The molecule has 0 aromatic heterocycles. The van der Waals surface area contributed by atoms with Crippen LogP contribution in [-0.2, 0) is 0 Å². The third-order valence-electron chi connectivity index (χ3n) is 5.03. The van der Waals surface area contributed by atoms with Gasteiger partial charge in [-0.25, -0.2) is 0 Å². The Morgan fingerprint density at radius 3 is 2.68 bits per heavy atom. The smallest absolute Gasteiger partial charge is 0.0223 e. The van der Waals surface area contributed by atoms with Crippen molar-refractivity contribution >= 4 is 0 Å². The summed E-state index contributed by atoms with van der Waals surface area (Å²) in [7, 11) is 0. The zero-order valence-electron chi connectivity index (χ0n) is 13.5. The van der Waals surface area contributed by atoms with E-state index in [0.29, 0.717) is 5.41 Å². The molecule has 0 N–H and O–H groups in total. The van der Waals surface area contributed by atoms with Gasteiger partial charge in [-0.2, -0.15) is 0 Å². The second-order valence-electron chi connectivity index (χ2n) is 7.54. The first-order chi connectivity index (χ1) is 9.11. The lowest BCUT2D eigenvalue weighted by molar-refractivity contribution is 0.0298. The SMILES string of the molecule is CCCCCC(C)(C)CN1CCN2CCCCC2C1. The predicted molar refractivity (Wildman–Crippen MR) is 83.6 cm³/mol. The molecule has 2 fully saturated rings. The monoisotopic (exact) mass is 266 g/mol. The Labute approximate surface area is 120 Å². The summed E-state index contributed by atoms with van der Waals surface area (Å²) in [6, 6.07) is 0.869. The maximum Gasteiger partial charge on any atom is 0.0223 e. The Morgan fingerprint density at radius 2 is 1.89 bits per heavy atom. The summed E-state index contributed by atoms with van der Waals surface area (Å²) in [6.07, 6.45) is 9.87.